The van der Waals surface area contributed by atoms with Gasteiger partial charge in [0.05, 0.1) is 6.04 Å². The molecule has 1 aromatic rings. The Kier molecular flexibility index (Phi) is 3.59. The monoisotopic (exact) mass is 285 g/mol. The van der Waals surface area contributed by atoms with Crippen molar-refractivity contribution in [3.8, 4) is 0 Å². The van der Waals surface area contributed by atoms with E-state index >= 15 is 0 Å². The third-order valence-corrected chi connectivity index (χ3v) is 5.25. The zero-order valence-electron chi connectivity index (χ0n) is 13.6. The first kappa shape index (κ1) is 14.6. The van der Waals surface area contributed by atoms with E-state index in [-0.39, 0.29) is 23.3 Å². The number of carbonyl (C=O) groups is 1. The van der Waals surface area contributed by atoms with Gasteiger partial charge in [-0.25, -0.2) is 0 Å². The first-order chi connectivity index (χ1) is 9.84. The van der Waals surface area contributed by atoms with E-state index in [9.17, 15) is 4.79 Å². The smallest absolute Gasteiger partial charge is 0.223 e. The zero-order chi connectivity index (χ0) is 15.2. The number of hydrogen-bond donors (Lipinski definition) is 1. The zero-order valence-corrected chi connectivity index (χ0v) is 13.6. The van der Waals surface area contributed by atoms with E-state index in [2.05, 4.69) is 57.3 Å². The molecule has 1 N–H and O–H groups in total. The average Bonchev–Trinajstić information content (AvgIpc) is 3.04. The Balaban J connectivity index is 1.59. The fraction of sp³-hybridized carbons (Fsp3) is 0.632. The van der Waals surface area contributed by atoms with Crippen molar-refractivity contribution in [1.82, 2.24) is 5.32 Å². The summed E-state index contributed by atoms with van der Waals surface area (Å²) < 4.78 is 0. The van der Waals surface area contributed by atoms with Crippen LogP contribution in [0.2, 0.25) is 0 Å². The molecule has 0 aliphatic heterocycles. The number of benzene rings is 1. The third-order valence-electron chi connectivity index (χ3n) is 5.25. The highest BCUT2D eigenvalue weighted by atomic mass is 16.1. The molecule has 3 atom stereocenters. The van der Waals surface area contributed by atoms with Gasteiger partial charge in [0.15, 0.2) is 0 Å². The van der Waals surface area contributed by atoms with Crippen LogP contribution >= 0.6 is 0 Å². The second-order valence-corrected chi connectivity index (χ2v) is 8.03. The Morgan fingerprint density at radius 3 is 2.19 bits per heavy atom. The Morgan fingerprint density at radius 2 is 1.67 bits per heavy atom. The molecule has 0 heterocycles. The molecule has 2 saturated carbocycles. The highest BCUT2D eigenvalue weighted by Gasteiger charge is 2.48. The minimum atomic E-state index is 0.100. The SMILES string of the molecule is CC(NC(=O)C1CC2CC2C1)c1ccc(C(C)(C)C)cc1. The summed E-state index contributed by atoms with van der Waals surface area (Å²) in [7, 11) is 0. The minimum absolute atomic E-state index is 0.100. The summed E-state index contributed by atoms with van der Waals surface area (Å²) in [5, 5.41) is 3.20. The van der Waals surface area contributed by atoms with Crippen LogP contribution in [0.1, 0.15) is 64.1 Å². The van der Waals surface area contributed by atoms with Gasteiger partial charge in [-0.15, -0.1) is 0 Å². The fourth-order valence-electron chi connectivity index (χ4n) is 3.62. The van der Waals surface area contributed by atoms with Crippen LogP contribution < -0.4 is 5.32 Å². The number of nitrogens with one attached hydrogen (secondary N) is 1. The van der Waals surface area contributed by atoms with Gasteiger partial charge < -0.3 is 5.32 Å². The van der Waals surface area contributed by atoms with Gasteiger partial charge in [-0.1, -0.05) is 45.0 Å². The molecule has 3 unspecified atom stereocenters. The molecule has 1 aromatic carbocycles. The Labute approximate surface area is 128 Å². The molecule has 2 nitrogen and oxygen atoms in total. The lowest BCUT2D eigenvalue weighted by molar-refractivity contribution is -0.125. The standard InChI is InChI=1S/C19H27NO/c1-12(13-5-7-17(8-6-13)19(2,3)4)20-18(21)16-10-14-9-15(14)11-16/h5-8,12,14-16H,9-11H2,1-4H3,(H,20,21). The summed E-state index contributed by atoms with van der Waals surface area (Å²) in [6.07, 6.45) is 3.60. The Morgan fingerprint density at radius 1 is 1.10 bits per heavy atom. The van der Waals surface area contributed by atoms with Gasteiger partial charge in [-0.05, 0) is 54.6 Å². The van der Waals surface area contributed by atoms with E-state index in [0.717, 1.165) is 24.7 Å². The molecule has 1 amide bonds. The van der Waals surface area contributed by atoms with E-state index in [1.807, 2.05) is 0 Å². The molecule has 2 heteroatoms. The van der Waals surface area contributed by atoms with Gasteiger partial charge in [0.25, 0.3) is 0 Å². The maximum Gasteiger partial charge on any atom is 0.223 e. The van der Waals surface area contributed by atoms with Crippen LogP contribution in [0.5, 0.6) is 0 Å². The molecule has 0 bridgehead atoms. The molecule has 0 saturated heterocycles. The molecular formula is C19H27NO. The van der Waals surface area contributed by atoms with E-state index in [1.54, 1.807) is 0 Å². The maximum absolute atomic E-state index is 12.3. The van der Waals surface area contributed by atoms with E-state index in [0.29, 0.717) is 0 Å². The summed E-state index contributed by atoms with van der Waals surface area (Å²) in [5.74, 6) is 2.25. The maximum atomic E-state index is 12.3. The van der Waals surface area contributed by atoms with Gasteiger partial charge in [0.2, 0.25) is 5.91 Å². The predicted molar refractivity (Wildman–Crippen MR) is 86.0 cm³/mol. The molecule has 2 aliphatic carbocycles. The molecule has 2 aliphatic rings. The van der Waals surface area contributed by atoms with Crippen molar-refractivity contribution in [2.45, 2.75) is 58.4 Å². The summed E-state index contributed by atoms with van der Waals surface area (Å²) in [6, 6.07) is 8.77. The summed E-state index contributed by atoms with van der Waals surface area (Å²) in [4.78, 5) is 12.3. The van der Waals surface area contributed by atoms with E-state index in [4.69, 9.17) is 0 Å². The van der Waals surface area contributed by atoms with Crippen molar-refractivity contribution in [2.24, 2.45) is 17.8 Å². The van der Waals surface area contributed by atoms with Crippen LogP contribution in [0.25, 0.3) is 0 Å². The summed E-state index contributed by atoms with van der Waals surface area (Å²) in [6.45, 7) is 8.75. The van der Waals surface area contributed by atoms with Crippen LogP contribution in [0, 0.1) is 17.8 Å². The lowest BCUT2D eigenvalue weighted by Gasteiger charge is -2.21. The lowest BCUT2D eigenvalue weighted by Crippen LogP contribution is -2.32. The molecule has 114 valence electrons. The lowest BCUT2D eigenvalue weighted by atomic mass is 9.86. The van der Waals surface area contributed by atoms with Gasteiger partial charge in [-0.2, -0.15) is 0 Å². The topological polar surface area (TPSA) is 29.1 Å². The third kappa shape index (κ3) is 3.14. The first-order valence-corrected chi connectivity index (χ1v) is 8.25. The number of hydrogen-bond acceptors (Lipinski definition) is 1. The number of carbonyl (C=O) groups excluding carboxylic acids is 1. The molecule has 0 radical (unpaired) electrons. The highest BCUT2D eigenvalue weighted by Crippen LogP contribution is 2.54. The summed E-state index contributed by atoms with van der Waals surface area (Å²) in [5.41, 5.74) is 2.70. The van der Waals surface area contributed by atoms with Crippen molar-refractivity contribution >= 4 is 5.91 Å². The highest BCUT2D eigenvalue weighted by molar-refractivity contribution is 5.79. The predicted octanol–water partition coefficient (Wildman–Crippen LogP) is 4.21. The molecular weight excluding hydrogens is 258 g/mol. The largest absolute Gasteiger partial charge is 0.349 e. The summed E-state index contributed by atoms with van der Waals surface area (Å²) >= 11 is 0. The van der Waals surface area contributed by atoms with Crippen molar-refractivity contribution in [3.05, 3.63) is 35.4 Å². The average molecular weight is 285 g/mol. The van der Waals surface area contributed by atoms with Crippen molar-refractivity contribution in [1.29, 1.82) is 0 Å². The molecule has 2 fully saturated rings. The Hall–Kier alpha value is -1.31. The number of rotatable bonds is 3. The molecule has 3 rings (SSSR count). The fourth-order valence-corrected chi connectivity index (χ4v) is 3.62. The first-order valence-electron chi connectivity index (χ1n) is 8.25. The van der Waals surface area contributed by atoms with E-state index in [1.165, 1.54) is 17.5 Å². The second kappa shape index (κ2) is 5.15. The van der Waals surface area contributed by atoms with Gasteiger partial charge in [0, 0.05) is 5.92 Å². The van der Waals surface area contributed by atoms with Gasteiger partial charge >= 0.3 is 0 Å². The van der Waals surface area contributed by atoms with Crippen molar-refractivity contribution in [2.75, 3.05) is 0 Å². The quantitative estimate of drug-likeness (QED) is 0.885. The molecule has 21 heavy (non-hydrogen) atoms. The molecule has 0 spiro atoms. The van der Waals surface area contributed by atoms with Crippen LogP contribution in [0.4, 0.5) is 0 Å². The van der Waals surface area contributed by atoms with Crippen LogP contribution in [0.15, 0.2) is 24.3 Å². The number of fused-ring (bicyclic) bond motifs is 1. The normalized spacial score (nSPS) is 28.9. The molecule has 0 aromatic heterocycles. The number of amides is 1. The van der Waals surface area contributed by atoms with Crippen LogP contribution in [0.3, 0.4) is 0 Å². The van der Waals surface area contributed by atoms with Crippen molar-refractivity contribution in [3.63, 3.8) is 0 Å². The minimum Gasteiger partial charge on any atom is -0.349 e. The van der Waals surface area contributed by atoms with E-state index < -0.39 is 0 Å². The van der Waals surface area contributed by atoms with Crippen molar-refractivity contribution < 1.29 is 4.79 Å². The van der Waals surface area contributed by atoms with Gasteiger partial charge in [0.1, 0.15) is 0 Å². The second-order valence-electron chi connectivity index (χ2n) is 8.03. The van der Waals surface area contributed by atoms with Crippen LogP contribution in [-0.2, 0) is 10.2 Å². The van der Waals surface area contributed by atoms with Gasteiger partial charge in [-0.3, -0.25) is 4.79 Å². The Bertz CT molecular complexity index is 515. The van der Waals surface area contributed by atoms with Crippen LogP contribution in [-0.4, -0.2) is 5.91 Å².